The fraction of sp³-hybridized carbons (Fsp3) is 0.130. The molecule has 1 nitrogen and oxygen atoms in total. The van der Waals surface area contributed by atoms with Crippen LogP contribution in [0.2, 0.25) is 0 Å². The van der Waals surface area contributed by atoms with Gasteiger partial charge in [0.15, 0.2) is 0 Å². The molecule has 27 heavy (non-hydrogen) atoms. The van der Waals surface area contributed by atoms with E-state index in [1.54, 1.807) is 0 Å². The standard InChI is InChI=1S/C16H13.C7H7O.2ClH.Ti/c1-12-6-7-15(10-12)16-9-8-13-4-2-3-5-14(13)11-16;8-6-7-4-2-1-3-5-7;;;/h2-6,8-10H,7H2,1H3;1-5H,6H2;2*1H;/q;-1;;;+3/p-2. The van der Waals surface area contributed by atoms with Crippen LogP contribution in [0.5, 0.6) is 0 Å². The van der Waals surface area contributed by atoms with E-state index in [0.29, 0.717) is 6.61 Å². The molecule has 0 N–H and O–H groups in total. The van der Waals surface area contributed by atoms with Gasteiger partial charge in [0.2, 0.25) is 0 Å². The molecule has 0 unspecified atom stereocenters. The Morgan fingerprint density at radius 1 is 0.889 bits per heavy atom. The molecule has 0 saturated carbocycles. The fourth-order valence-electron chi connectivity index (χ4n) is 3.27. The van der Waals surface area contributed by atoms with E-state index in [1.165, 1.54) is 36.9 Å². The van der Waals surface area contributed by atoms with Gasteiger partial charge in [-0.2, -0.15) is 0 Å². The zero-order valence-corrected chi connectivity index (χ0v) is 18.2. The molecule has 4 rings (SSSR count). The van der Waals surface area contributed by atoms with E-state index in [-0.39, 0.29) is 24.8 Å². The monoisotopic (exact) mass is 430 g/mol. The Labute approximate surface area is 182 Å². The van der Waals surface area contributed by atoms with E-state index in [1.807, 2.05) is 6.07 Å². The first-order chi connectivity index (χ1) is 12.3. The maximum atomic E-state index is 6.22. The van der Waals surface area contributed by atoms with Crippen molar-refractivity contribution in [1.29, 1.82) is 0 Å². The minimum absolute atomic E-state index is 0. The second-order valence-electron chi connectivity index (χ2n) is 6.41. The summed E-state index contributed by atoms with van der Waals surface area (Å²) in [5.41, 5.74) is 5.40. The summed E-state index contributed by atoms with van der Waals surface area (Å²) in [5, 5.41) is 2.65. The van der Waals surface area contributed by atoms with Crippen molar-refractivity contribution in [2.24, 2.45) is 0 Å². The molecule has 0 heterocycles. The van der Waals surface area contributed by atoms with Crippen molar-refractivity contribution < 1.29 is 47.7 Å². The zero-order chi connectivity index (χ0) is 17.1. The third kappa shape index (κ3) is 5.13. The molecule has 0 atom stereocenters. The summed E-state index contributed by atoms with van der Waals surface area (Å²) in [5.74, 6) is 0. The first-order valence-electron chi connectivity index (χ1n) is 8.62. The van der Waals surface area contributed by atoms with Gasteiger partial charge in [-0.05, 0) is 0 Å². The van der Waals surface area contributed by atoms with Crippen LogP contribution in [-0.2, 0) is 29.5 Å². The van der Waals surface area contributed by atoms with E-state index in [9.17, 15) is 0 Å². The van der Waals surface area contributed by atoms with E-state index < -0.39 is 19.5 Å². The number of fused-ring (bicyclic) bond motifs is 1. The van der Waals surface area contributed by atoms with Gasteiger partial charge in [0.1, 0.15) is 0 Å². The van der Waals surface area contributed by atoms with Crippen LogP contribution >= 0.6 is 0 Å². The Balaban J connectivity index is 0.00000131. The Morgan fingerprint density at radius 2 is 1.63 bits per heavy atom. The number of halogens is 2. The Morgan fingerprint density at radius 3 is 2.37 bits per heavy atom. The molecule has 0 bridgehead atoms. The third-order valence-electron chi connectivity index (χ3n) is 4.58. The quantitative estimate of drug-likeness (QED) is 0.492. The summed E-state index contributed by atoms with van der Waals surface area (Å²) in [7, 11) is 0. The van der Waals surface area contributed by atoms with Crippen molar-refractivity contribution in [2.45, 2.75) is 20.0 Å². The first-order valence-corrected chi connectivity index (χ1v) is 10.0. The third-order valence-corrected chi connectivity index (χ3v) is 6.19. The number of benzene rings is 3. The van der Waals surface area contributed by atoms with Crippen molar-refractivity contribution in [3.8, 4) is 0 Å². The van der Waals surface area contributed by atoms with Crippen molar-refractivity contribution in [3.63, 3.8) is 0 Å². The normalized spacial score (nSPS) is 12.5. The minimum Gasteiger partial charge on any atom is -1.00 e. The van der Waals surface area contributed by atoms with Crippen molar-refractivity contribution in [1.82, 2.24) is 0 Å². The second kappa shape index (κ2) is 10.3. The molecule has 136 valence electrons. The van der Waals surface area contributed by atoms with Crippen LogP contribution in [0.1, 0.15) is 24.5 Å². The van der Waals surface area contributed by atoms with Gasteiger partial charge in [0.25, 0.3) is 0 Å². The SMILES string of the molecule is CC1=CCC(c2ccc3ccccc3[c]2[Ti+2][O]Cc2ccccc2)=C1.[Cl-].[Cl-]. The molecule has 0 radical (unpaired) electrons. The molecule has 4 heteroatoms. The molecule has 1 aliphatic rings. The zero-order valence-electron chi connectivity index (χ0n) is 15.1. The van der Waals surface area contributed by atoms with Crippen LogP contribution in [0.3, 0.4) is 0 Å². The average molecular weight is 431 g/mol. The van der Waals surface area contributed by atoms with Crippen molar-refractivity contribution in [2.75, 3.05) is 0 Å². The Hall–Kier alpha value is -1.35. The molecule has 3 aromatic carbocycles. The average Bonchev–Trinajstić information content (AvgIpc) is 3.09. The largest absolute Gasteiger partial charge is 1.00 e. The first kappa shape index (κ1) is 21.9. The Kier molecular flexibility index (Phi) is 8.35. The van der Waals surface area contributed by atoms with Gasteiger partial charge in [0, 0.05) is 0 Å². The molecule has 0 aromatic heterocycles. The van der Waals surface area contributed by atoms with Crippen LogP contribution < -0.4 is 28.7 Å². The van der Waals surface area contributed by atoms with E-state index >= 15 is 0 Å². The molecule has 0 fully saturated rings. The molecule has 3 aromatic rings. The molecule has 1 aliphatic carbocycles. The summed E-state index contributed by atoms with van der Waals surface area (Å²) >= 11 is -0.676. The molecular formula is C23H20Cl2OTi. The number of hydrogen-bond donors (Lipinski definition) is 0. The van der Waals surface area contributed by atoms with Gasteiger partial charge in [0.05, 0.1) is 0 Å². The van der Waals surface area contributed by atoms with Crippen LogP contribution in [0.15, 0.2) is 84.5 Å². The summed E-state index contributed by atoms with van der Waals surface area (Å²) in [6, 6.07) is 23.6. The van der Waals surface area contributed by atoms with Crippen molar-refractivity contribution in [3.05, 3.63) is 95.6 Å². The maximum absolute atomic E-state index is 6.22. The summed E-state index contributed by atoms with van der Waals surface area (Å²) in [6.07, 6.45) is 5.65. The van der Waals surface area contributed by atoms with Crippen LogP contribution in [0, 0.1) is 0 Å². The molecular weight excluding hydrogens is 411 g/mol. The summed E-state index contributed by atoms with van der Waals surface area (Å²) in [4.78, 5) is 0. The fourth-order valence-corrected chi connectivity index (χ4v) is 4.94. The summed E-state index contributed by atoms with van der Waals surface area (Å²) in [6.45, 7) is 2.87. The van der Waals surface area contributed by atoms with Crippen molar-refractivity contribution >= 4 is 20.2 Å². The van der Waals surface area contributed by atoms with E-state index in [0.717, 1.165) is 6.42 Å². The number of rotatable bonds is 5. The van der Waals surface area contributed by atoms with E-state index in [4.69, 9.17) is 3.32 Å². The Bertz CT molecular complexity index is 965. The number of allylic oxidation sites excluding steroid dienone is 4. The molecule has 0 spiro atoms. The predicted molar refractivity (Wildman–Crippen MR) is 101 cm³/mol. The van der Waals surface area contributed by atoms with Gasteiger partial charge >= 0.3 is 159 Å². The van der Waals surface area contributed by atoms with Crippen LogP contribution in [-0.4, -0.2) is 0 Å². The predicted octanol–water partition coefficient (Wildman–Crippen LogP) is -0.579. The minimum atomic E-state index is -0.676. The second-order valence-corrected chi connectivity index (χ2v) is 7.96. The smallest absolute Gasteiger partial charge is 1.00 e. The summed E-state index contributed by atoms with van der Waals surface area (Å²) < 4.78 is 7.64. The van der Waals surface area contributed by atoms with Gasteiger partial charge < -0.3 is 24.8 Å². The molecule has 0 saturated heterocycles. The molecule has 0 aliphatic heterocycles. The topological polar surface area (TPSA) is 9.23 Å². The van der Waals surface area contributed by atoms with Gasteiger partial charge in [-0.15, -0.1) is 0 Å². The van der Waals surface area contributed by atoms with Gasteiger partial charge in [-0.1, -0.05) is 0 Å². The van der Waals surface area contributed by atoms with E-state index in [2.05, 4.69) is 79.7 Å². The number of hydrogen-bond acceptors (Lipinski definition) is 1. The van der Waals surface area contributed by atoms with Gasteiger partial charge in [-0.3, -0.25) is 0 Å². The van der Waals surface area contributed by atoms with Crippen LogP contribution in [0.25, 0.3) is 16.3 Å². The molecule has 0 amide bonds. The van der Waals surface area contributed by atoms with Crippen LogP contribution in [0.4, 0.5) is 0 Å². The maximum Gasteiger partial charge on any atom is -1.00 e. The van der Waals surface area contributed by atoms with Gasteiger partial charge in [-0.25, -0.2) is 0 Å².